The van der Waals surface area contributed by atoms with Crippen molar-refractivity contribution in [3.05, 3.63) is 0 Å². The molecule has 6 N–H and O–H groups in total. The van der Waals surface area contributed by atoms with E-state index in [1.54, 1.807) is 0 Å². The molecule has 0 atom stereocenters. The van der Waals surface area contributed by atoms with E-state index >= 15 is 0 Å². The third-order valence-electron chi connectivity index (χ3n) is 0. The Morgan fingerprint density at radius 3 is 0.375 bits per heavy atom. The van der Waals surface area contributed by atoms with Crippen molar-refractivity contribution in [2.24, 2.45) is 0 Å². The van der Waals surface area contributed by atoms with E-state index in [1.165, 1.54) is 0 Å². The van der Waals surface area contributed by atoms with Crippen LogP contribution in [0.1, 0.15) is 0 Å². The quantitative estimate of drug-likeness (QED) is 0.454. The van der Waals surface area contributed by atoms with Gasteiger partial charge in [0, 0.05) is 0 Å². The standard InChI is InChI=1S/Fe.6H2O.Ti/h;6*1H2;/q+2;;;;;;;+4/p-6. The molecule has 0 aliphatic carbocycles. The van der Waals surface area contributed by atoms with Crippen molar-refractivity contribution < 1.29 is 71.6 Å². The van der Waals surface area contributed by atoms with Gasteiger partial charge in [-0.1, -0.05) is 0 Å². The molecule has 0 heterocycles. The van der Waals surface area contributed by atoms with Crippen LogP contribution in [0.15, 0.2) is 0 Å². The summed E-state index contributed by atoms with van der Waals surface area (Å²) in [5, 5.41) is 0. The molecular formula is H6FeO6Ti. The fourth-order valence-corrected chi connectivity index (χ4v) is 0. The van der Waals surface area contributed by atoms with Crippen molar-refractivity contribution >= 4 is 0 Å². The summed E-state index contributed by atoms with van der Waals surface area (Å²) in [6.07, 6.45) is 0. The van der Waals surface area contributed by atoms with Gasteiger partial charge in [0.1, 0.15) is 0 Å². The summed E-state index contributed by atoms with van der Waals surface area (Å²) in [5.74, 6) is 0. The monoisotopic (exact) mass is 206 g/mol. The third-order valence-corrected chi connectivity index (χ3v) is 0. The molecule has 6 nitrogen and oxygen atoms in total. The van der Waals surface area contributed by atoms with E-state index in [9.17, 15) is 0 Å². The van der Waals surface area contributed by atoms with Gasteiger partial charge in [-0.15, -0.1) is 0 Å². The Kier molecular flexibility index (Phi) is 28800. The smallest absolute Gasteiger partial charge is 0.870 e. The molecular weight excluding hydrogens is 200 g/mol. The summed E-state index contributed by atoms with van der Waals surface area (Å²) in [7, 11) is 0. The van der Waals surface area contributed by atoms with Crippen LogP contribution < -0.4 is 0 Å². The maximum atomic E-state index is 0. The molecule has 0 aromatic rings. The van der Waals surface area contributed by atoms with Crippen LogP contribution in [0.4, 0.5) is 0 Å². The van der Waals surface area contributed by atoms with Gasteiger partial charge in [0.2, 0.25) is 0 Å². The number of rotatable bonds is 0. The first-order valence-corrected chi connectivity index (χ1v) is 0. The van der Waals surface area contributed by atoms with Gasteiger partial charge in [-0.25, -0.2) is 0 Å². The first-order valence-electron chi connectivity index (χ1n) is 0. The van der Waals surface area contributed by atoms with Gasteiger partial charge in [0.15, 0.2) is 0 Å². The fourth-order valence-electron chi connectivity index (χ4n) is 0. The van der Waals surface area contributed by atoms with Crippen LogP contribution in [0.25, 0.3) is 0 Å². The molecule has 0 aromatic carbocycles. The average molecular weight is 206 g/mol. The predicted octanol–water partition coefficient (Wildman–Crippen LogP) is -1.07. The first-order chi connectivity index (χ1) is 0. The molecule has 8 heavy (non-hydrogen) atoms. The van der Waals surface area contributed by atoms with Gasteiger partial charge < -0.3 is 32.9 Å². The van der Waals surface area contributed by atoms with E-state index in [1.807, 2.05) is 0 Å². The molecule has 0 aromatic heterocycles. The van der Waals surface area contributed by atoms with Crippen LogP contribution in [0.3, 0.4) is 0 Å². The number of hydrogen-bond donors (Lipinski definition) is 0. The SMILES string of the molecule is [Fe+2].[OH-].[OH-].[OH-].[OH-].[OH-].[OH-].[Ti+4]. The Morgan fingerprint density at radius 2 is 0.375 bits per heavy atom. The molecule has 0 bridgehead atoms. The zero-order valence-electron chi connectivity index (χ0n) is 3.54. The minimum Gasteiger partial charge on any atom is -0.870 e. The van der Waals surface area contributed by atoms with Crippen LogP contribution in [0.2, 0.25) is 0 Å². The van der Waals surface area contributed by atoms with Crippen LogP contribution in [0, 0.1) is 0 Å². The Balaban J connectivity index is 0. The van der Waals surface area contributed by atoms with E-state index in [0.717, 1.165) is 0 Å². The van der Waals surface area contributed by atoms with Crippen molar-refractivity contribution in [2.75, 3.05) is 0 Å². The largest absolute Gasteiger partial charge is 4.00 e. The molecule has 0 saturated heterocycles. The molecule has 0 radical (unpaired) electrons. The normalized spacial score (nSPS) is 0. The fraction of sp³-hybridized carbons (Fsp3) is 0. The molecule has 0 aliphatic heterocycles. The topological polar surface area (TPSA) is 180 Å². The van der Waals surface area contributed by atoms with Gasteiger partial charge in [-0.2, -0.15) is 0 Å². The van der Waals surface area contributed by atoms with Crippen molar-refractivity contribution in [1.82, 2.24) is 0 Å². The summed E-state index contributed by atoms with van der Waals surface area (Å²) in [4.78, 5) is 0. The summed E-state index contributed by atoms with van der Waals surface area (Å²) in [5.41, 5.74) is 0. The average Bonchev–Trinajstić information content (AvgIpc) is 0. The molecule has 0 fully saturated rings. The van der Waals surface area contributed by atoms with Crippen LogP contribution in [0.5, 0.6) is 0 Å². The molecule has 54 valence electrons. The van der Waals surface area contributed by atoms with E-state index in [0.29, 0.717) is 0 Å². The molecule has 0 amide bonds. The second-order valence-electron chi connectivity index (χ2n) is 0. The summed E-state index contributed by atoms with van der Waals surface area (Å²) < 4.78 is 0. The first kappa shape index (κ1) is 582. The molecule has 0 rings (SSSR count). The van der Waals surface area contributed by atoms with Gasteiger partial charge >= 0.3 is 38.8 Å². The van der Waals surface area contributed by atoms with Crippen LogP contribution in [-0.2, 0) is 38.8 Å². The van der Waals surface area contributed by atoms with Crippen molar-refractivity contribution in [3.8, 4) is 0 Å². The minimum absolute atomic E-state index is 0. The molecule has 0 spiro atoms. The summed E-state index contributed by atoms with van der Waals surface area (Å²) >= 11 is 0. The van der Waals surface area contributed by atoms with E-state index in [2.05, 4.69) is 0 Å². The Labute approximate surface area is 71.9 Å². The van der Waals surface area contributed by atoms with E-state index in [4.69, 9.17) is 0 Å². The predicted molar refractivity (Wildman–Crippen MR) is 11.6 cm³/mol. The zero-order chi connectivity index (χ0) is 0. The summed E-state index contributed by atoms with van der Waals surface area (Å²) in [6.45, 7) is 0. The van der Waals surface area contributed by atoms with Gasteiger partial charge in [-0.05, 0) is 0 Å². The minimum atomic E-state index is 0. The van der Waals surface area contributed by atoms with Gasteiger partial charge in [0.05, 0.1) is 0 Å². The second kappa shape index (κ2) is 396. The summed E-state index contributed by atoms with van der Waals surface area (Å²) in [6, 6.07) is 0. The van der Waals surface area contributed by atoms with Crippen molar-refractivity contribution in [3.63, 3.8) is 0 Å². The van der Waals surface area contributed by atoms with E-state index in [-0.39, 0.29) is 71.6 Å². The molecule has 0 saturated carbocycles. The van der Waals surface area contributed by atoms with Crippen LogP contribution >= 0.6 is 0 Å². The Hall–Kier alpha value is 0.994. The van der Waals surface area contributed by atoms with Crippen LogP contribution in [-0.4, -0.2) is 32.9 Å². The maximum Gasteiger partial charge on any atom is 4.00 e. The number of hydrogen-bond acceptors (Lipinski definition) is 6. The maximum absolute atomic E-state index is 0. The third kappa shape index (κ3) is 254. The molecule has 0 unspecified atom stereocenters. The van der Waals surface area contributed by atoms with Crippen molar-refractivity contribution in [1.29, 1.82) is 0 Å². The molecule has 8 heteroatoms. The Morgan fingerprint density at radius 1 is 0.375 bits per heavy atom. The van der Waals surface area contributed by atoms with E-state index < -0.39 is 0 Å². The second-order valence-corrected chi connectivity index (χ2v) is 0. The Bertz CT molecular complexity index is 8.49. The zero-order valence-corrected chi connectivity index (χ0v) is 6.20. The van der Waals surface area contributed by atoms with Crippen molar-refractivity contribution in [2.45, 2.75) is 0 Å². The van der Waals surface area contributed by atoms with Gasteiger partial charge in [0.25, 0.3) is 0 Å². The molecule has 0 aliphatic rings. The van der Waals surface area contributed by atoms with Gasteiger partial charge in [-0.3, -0.25) is 0 Å².